The van der Waals surface area contributed by atoms with Crippen molar-refractivity contribution in [3.8, 4) is 0 Å². The summed E-state index contributed by atoms with van der Waals surface area (Å²) >= 11 is 0. The van der Waals surface area contributed by atoms with Crippen molar-refractivity contribution < 1.29 is 9.59 Å². The molecule has 1 atom stereocenters. The van der Waals surface area contributed by atoms with Crippen molar-refractivity contribution in [2.75, 3.05) is 19.6 Å². The molecule has 2 rings (SSSR count). The maximum atomic E-state index is 12.6. The van der Waals surface area contributed by atoms with Gasteiger partial charge in [-0.2, -0.15) is 0 Å². The Morgan fingerprint density at radius 1 is 1.29 bits per heavy atom. The number of amides is 3. The first kappa shape index (κ1) is 18.3. The Morgan fingerprint density at radius 2 is 1.96 bits per heavy atom. The molecule has 6 heteroatoms. The third-order valence-corrected chi connectivity index (χ3v) is 4.41. The standard InChI is InChI=1S/C18H28N4O2/c1-13(2)21-17(24)20-10-14-4-6-15(7-5-14)16(23)22-9-8-18(3,11-19)12-22/h4-7,13H,8-12,19H2,1-3H3,(H2,20,21,24). The molecule has 1 unspecified atom stereocenters. The van der Waals surface area contributed by atoms with E-state index >= 15 is 0 Å². The highest BCUT2D eigenvalue weighted by Gasteiger charge is 2.35. The minimum Gasteiger partial charge on any atom is -0.338 e. The van der Waals surface area contributed by atoms with Crippen LogP contribution in [0.25, 0.3) is 0 Å². The van der Waals surface area contributed by atoms with Crippen molar-refractivity contribution in [1.82, 2.24) is 15.5 Å². The topological polar surface area (TPSA) is 87.5 Å². The SMILES string of the molecule is CC(C)NC(=O)NCc1ccc(C(=O)N2CCC(C)(CN)C2)cc1. The van der Waals surface area contributed by atoms with Crippen LogP contribution < -0.4 is 16.4 Å². The molecular weight excluding hydrogens is 304 g/mol. The smallest absolute Gasteiger partial charge is 0.315 e. The lowest BCUT2D eigenvalue weighted by Crippen LogP contribution is -2.39. The molecule has 3 amide bonds. The van der Waals surface area contributed by atoms with Gasteiger partial charge in [-0.1, -0.05) is 19.1 Å². The molecule has 0 aliphatic carbocycles. The summed E-state index contributed by atoms with van der Waals surface area (Å²) in [6.07, 6.45) is 0.947. The summed E-state index contributed by atoms with van der Waals surface area (Å²) in [7, 11) is 0. The van der Waals surface area contributed by atoms with E-state index in [1.165, 1.54) is 0 Å². The van der Waals surface area contributed by atoms with Gasteiger partial charge in [0.2, 0.25) is 0 Å². The van der Waals surface area contributed by atoms with Gasteiger partial charge in [-0.05, 0) is 49.9 Å². The summed E-state index contributed by atoms with van der Waals surface area (Å²) in [6, 6.07) is 7.30. The van der Waals surface area contributed by atoms with Crippen LogP contribution >= 0.6 is 0 Å². The van der Waals surface area contributed by atoms with E-state index < -0.39 is 0 Å². The van der Waals surface area contributed by atoms with Crippen LogP contribution in [0.3, 0.4) is 0 Å². The van der Waals surface area contributed by atoms with Crippen LogP contribution in [0.4, 0.5) is 4.79 Å². The molecule has 1 fully saturated rings. The normalized spacial score (nSPS) is 20.3. The third-order valence-electron chi connectivity index (χ3n) is 4.41. The molecule has 1 heterocycles. The van der Waals surface area contributed by atoms with Crippen molar-refractivity contribution >= 4 is 11.9 Å². The third kappa shape index (κ3) is 4.71. The van der Waals surface area contributed by atoms with Crippen LogP contribution in [-0.2, 0) is 6.54 Å². The molecular formula is C18H28N4O2. The summed E-state index contributed by atoms with van der Waals surface area (Å²) in [5.74, 6) is 0.0456. The van der Waals surface area contributed by atoms with Crippen LogP contribution in [0, 0.1) is 5.41 Å². The van der Waals surface area contributed by atoms with Crippen molar-refractivity contribution in [2.45, 2.75) is 39.8 Å². The predicted octanol–water partition coefficient (Wildman–Crippen LogP) is 1.71. The number of benzene rings is 1. The number of rotatable bonds is 5. The molecule has 4 N–H and O–H groups in total. The summed E-state index contributed by atoms with van der Waals surface area (Å²) in [4.78, 5) is 26.0. The van der Waals surface area contributed by atoms with Gasteiger partial charge in [0.25, 0.3) is 5.91 Å². The molecule has 1 aliphatic heterocycles. The molecule has 1 aromatic carbocycles. The first-order chi connectivity index (χ1) is 11.3. The molecule has 132 valence electrons. The first-order valence-electron chi connectivity index (χ1n) is 8.46. The van der Waals surface area contributed by atoms with Gasteiger partial charge in [-0.25, -0.2) is 4.79 Å². The van der Waals surface area contributed by atoms with Crippen molar-refractivity contribution in [1.29, 1.82) is 0 Å². The number of urea groups is 1. The average Bonchev–Trinajstić information content (AvgIpc) is 2.95. The monoisotopic (exact) mass is 332 g/mol. The fourth-order valence-corrected chi connectivity index (χ4v) is 2.81. The van der Waals surface area contributed by atoms with E-state index in [0.717, 1.165) is 18.5 Å². The van der Waals surface area contributed by atoms with Gasteiger partial charge in [0.05, 0.1) is 0 Å². The zero-order chi connectivity index (χ0) is 17.7. The molecule has 0 saturated carbocycles. The van der Waals surface area contributed by atoms with E-state index in [2.05, 4.69) is 17.6 Å². The summed E-state index contributed by atoms with van der Waals surface area (Å²) in [6.45, 7) is 8.44. The lowest BCUT2D eigenvalue weighted by atomic mass is 9.90. The number of hydrogen-bond acceptors (Lipinski definition) is 3. The summed E-state index contributed by atoms with van der Waals surface area (Å²) < 4.78 is 0. The van der Waals surface area contributed by atoms with Gasteiger partial charge in [-0.3, -0.25) is 4.79 Å². The van der Waals surface area contributed by atoms with Crippen LogP contribution in [0.15, 0.2) is 24.3 Å². The second-order valence-electron chi connectivity index (χ2n) is 7.17. The number of nitrogens with two attached hydrogens (primary N) is 1. The highest BCUT2D eigenvalue weighted by Crippen LogP contribution is 2.29. The van der Waals surface area contributed by atoms with Crippen LogP contribution in [-0.4, -0.2) is 42.5 Å². The number of carbonyl (C=O) groups excluding carboxylic acids is 2. The quantitative estimate of drug-likeness (QED) is 0.767. The molecule has 1 aromatic rings. The largest absolute Gasteiger partial charge is 0.338 e. The van der Waals surface area contributed by atoms with Crippen LogP contribution in [0.2, 0.25) is 0 Å². The Balaban J connectivity index is 1.90. The fraction of sp³-hybridized carbons (Fsp3) is 0.556. The van der Waals surface area contributed by atoms with Gasteiger partial charge < -0.3 is 21.3 Å². The fourth-order valence-electron chi connectivity index (χ4n) is 2.81. The Morgan fingerprint density at radius 3 is 2.50 bits per heavy atom. The highest BCUT2D eigenvalue weighted by molar-refractivity contribution is 5.94. The zero-order valence-corrected chi connectivity index (χ0v) is 14.8. The van der Waals surface area contributed by atoms with Gasteiger partial charge in [0.15, 0.2) is 0 Å². The molecule has 0 bridgehead atoms. The Hall–Kier alpha value is -2.08. The van der Waals surface area contributed by atoms with Gasteiger partial charge in [0, 0.05) is 31.2 Å². The lowest BCUT2D eigenvalue weighted by molar-refractivity contribution is 0.0777. The van der Waals surface area contributed by atoms with Crippen LogP contribution in [0.1, 0.15) is 43.1 Å². The number of nitrogens with one attached hydrogen (secondary N) is 2. The molecule has 0 radical (unpaired) electrons. The minimum absolute atomic E-state index is 0.0310. The Kier molecular flexibility index (Phi) is 5.83. The molecule has 0 spiro atoms. The molecule has 6 nitrogen and oxygen atoms in total. The van der Waals surface area contributed by atoms with Gasteiger partial charge >= 0.3 is 6.03 Å². The number of carbonyl (C=O) groups is 2. The van der Waals surface area contributed by atoms with Crippen molar-refractivity contribution in [2.24, 2.45) is 11.1 Å². The van der Waals surface area contributed by atoms with E-state index in [1.54, 1.807) is 0 Å². The zero-order valence-electron chi connectivity index (χ0n) is 14.8. The van der Waals surface area contributed by atoms with E-state index in [-0.39, 0.29) is 23.4 Å². The number of likely N-dealkylation sites (tertiary alicyclic amines) is 1. The summed E-state index contributed by atoms with van der Waals surface area (Å²) in [5, 5.41) is 5.56. The van der Waals surface area contributed by atoms with Gasteiger partial charge in [0.1, 0.15) is 0 Å². The Labute approximate surface area is 143 Å². The van der Waals surface area contributed by atoms with Crippen molar-refractivity contribution in [3.63, 3.8) is 0 Å². The van der Waals surface area contributed by atoms with E-state index in [0.29, 0.717) is 25.2 Å². The Bertz CT molecular complexity index is 585. The van der Waals surface area contributed by atoms with Crippen molar-refractivity contribution in [3.05, 3.63) is 35.4 Å². The second-order valence-corrected chi connectivity index (χ2v) is 7.17. The molecule has 0 aromatic heterocycles. The molecule has 1 saturated heterocycles. The second kappa shape index (κ2) is 7.66. The maximum Gasteiger partial charge on any atom is 0.315 e. The van der Waals surface area contributed by atoms with Gasteiger partial charge in [-0.15, -0.1) is 0 Å². The van der Waals surface area contributed by atoms with E-state index in [1.807, 2.05) is 43.0 Å². The van der Waals surface area contributed by atoms with E-state index in [9.17, 15) is 9.59 Å². The number of hydrogen-bond donors (Lipinski definition) is 3. The average molecular weight is 332 g/mol. The first-order valence-corrected chi connectivity index (χ1v) is 8.46. The highest BCUT2D eigenvalue weighted by atomic mass is 16.2. The summed E-state index contributed by atoms with van der Waals surface area (Å²) in [5.41, 5.74) is 7.46. The maximum absolute atomic E-state index is 12.6. The minimum atomic E-state index is -0.191. The number of nitrogens with zero attached hydrogens (tertiary/aromatic N) is 1. The molecule has 1 aliphatic rings. The van der Waals surface area contributed by atoms with E-state index in [4.69, 9.17) is 5.73 Å². The van der Waals surface area contributed by atoms with Crippen LogP contribution in [0.5, 0.6) is 0 Å². The molecule has 24 heavy (non-hydrogen) atoms. The predicted molar refractivity (Wildman–Crippen MR) is 94.6 cm³/mol. The lowest BCUT2D eigenvalue weighted by Gasteiger charge is -2.22.